The molecule has 0 aromatic carbocycles. The van der Waals surface area contributed by atoms with Gasteiger partial charge in [0.05, 0.1) is 13.2 Å². The summed E-state index contributed by atoms with van der Waals surface area (Å²) in [5.74, 6) is -1.05. The fraction of sp³-hybridized carbons (Fsp3) is 0.818. The van der Waals surface area contributed by atoms with Crippen LogP contribution >= 0.6 is 7.82 Å². The summed E-state index contributed by atoms with van der Waals surface area (Å²) in [5, 5.41) is 0. The maximum atomic E-state index is 12.0. The monoisotopic (exact) mass is 327 g/mol. The second kappa shape index (κ2) is 10.7. The largest absolute Gasteiger partial charge is 0.474 e. The van der Waals surface area contributed by atoms with Gasteiger partial charge in [-0.05, 0) is 0 Å². The molecule has 0 rings (SSSR count). The van der Waals surface area contributed by atoms with Gasteiger partial charge in [-0.15, -0.1) is 0 Å². The average molecular weight is 327 g/mol. The van der Waals surface area contributed by atoms with Crippen LogP contribution in [0.4, 0.5) is 0 Å². The third-order valence-electron chi connectivity index (χ3n) is 2.06. The minimum atomic E-state index is -3.78. The number of phosphoric ester groups is 1. The molecule has 0 bridgehead atoms. The van der Waals surface area contributed by atoms with Crippen molar-refractivity contribution in [1.29, 1.82) is 0 Å². The number of carbonyl (C=O) groups excluding carboxylic acids is 2. The van der Waals surface area contributed by atoms with Crippen molar-refractivity contribution in [1.82, 2.24) is 0 Å². The van der Waals surface area contributed by atoms with Gasteiger partial charge < -0.3 is 15.2 Å². The molecule has 2 atom stereocenters. The molecule has 124 valence electrons. The number of esters is 2. The molecule has 0 radical (unpaired) electrons. The van der Waals surface area contributed by atoms with E-state index in [1.807, 2.05) is 0 Å². The molecule has 0 aliphatic rings. The zero-order valence-electron chi connectivity index (χ0n) is 12.4. The molecular formula is C11H22NO8P. The van der Waals surface area contributed by atoms with Crippen molar-refractivity contribution in [3.63, 3.8) is 0 Å². The van der Waals surface area contributed by atoms with E-state index in [0.717, 1.165) is 7.11 Å². The molecule has 9 nitrogen and oxygen atoms in total. The molecule has 10 heteroatoms. The molecule has 0 saturated heterocycles. The summed E-state index contributed by atoms with van der Waals surface area (Å²) < 4.78 is 36.2. The number of phosphoric acid groups is 1. The molecule has 21 heavy (non-hydrogen) atoms. The predicted octanol–water partition coefficient (Wildman–Crippen LogP) is 0.618. The van der Waals surface area contributed by atoms with Gasteiger partial charge in [-0.3, -0.25) is 23.2 Å². The van der Waals surface area contributed by atoms with Gasteiger partial charge in [0, 0.05) is 27.0 Å². The Kier molecular flexibility index (Phi) is 10.2. The smallest absolute Gasteiger partial charge is 0.462 e. The number of rotatable bonds is 11. The fourth-order valence-corrected chi connectivity index (χ4v) is 2.08. The Morgan fingerprint density at radius 3 is 2.38 bits per heavy atom. The first-order valence-corrected chi connectivity index (χ1v) is 7.80. The maximum Gasteiger partial charge on any atom is 0.474 e. The Balaban J connectivity index is 4.47. The molecule has 2 unspecified atom stereocenters. The van der Waals surface area contributed by atoms with Gasteiger partial charge in [0.2, 0.25) is 0 Å². The lowest BCUT2D eigenvalue weighted by Crippen LogP contribution is -2.28. The lowest BCUT2D eigenvalue weighted by Gasteiger charge is -2.20. The summed E-state index contributed by atoms with van der Waals surface area (Å²) in [6.07, 6.45) is -0.730. The van der Waals surface area contributed by atoms with Crippen molar-refractivity contribution >= 4 is 19.8 Å². The molecule has 0 fully saturated rings. The molecular weight excluding hydrogens is 305 g/mol. The van der Waals surface area contributed by atoms with E-state index < -0.39 is 25.9 Å². The Bertz CT molecular complexity index is 375. The van der Waals surface area contributed by atoms with Crippen LogP contribution in [0.1, 0.15) is 20.3 Å². The first kappa shape index (κ1) is 20.0. The summed E-state index contributed by atoms with van der Waals surface area (Å²) >= 11 is 0. The average Bonchev–Trinajstić information content (AvgIpc) is 2.47. The minimum Gasteiger partial charge on any atom is -0.462 e. The van der Waals surface area contributed by atoms with Gasteiger partial charge in [0.1, 0.15) is 6.61 Å². The van der Waals surface area contributed by atoms with E-state index >= 15 is 0 Å². The van der Waals surface area contributed by atoms with E-state index in [0.29, 0.717) is 0 Å². The molecule has 0 saturated carbocycles. The highest BCUT2D eigenvalue weighted by Gasteiger charge is 2.27. The van der Waals surface area contributed by atoms with Crippen molar-refractivity contribution in [3.8, 4) is 0 Å². The first-order valence-electron chi connectivity index (χ1n) is 6.34. The van der Waals surface area contributed by atoms with Crippen LogP contribution < -0.4 is 5.73 Å². The summed E-state index contributed by atoms with van der Waals surface area (Å²) in [6.45, 7) is 2.40. The second-order valence-corrected chi connectivity index (χ2v) is 5.59. The molecule has 2 N–H and O–H groups in total. The molecule has 0 amide bonds. The summed E-state index contributed by atoms with van der Waals surface area (Å²) in [5.41, 5.74) is 5.22. The van der Waals surface area contributed by atoms with Crippen molar-refractivity contribution < 1.29 is 37.2 Å². The summed E-state index contributed by atoms with van der Waals surface area (Å²) in [7, 11) is -2.63. The van der Waals surface area contributed by atoms with Crippen molar-refractivity contribution in [2.24, 2.45) is 5.73 Å². The zero-order valence-corrected chi connectivity index (χ0v) is 13.3. The van der Waals surface area contributed by atoms with Gasteiger partial charge >= 0.3 is 19.8 Å². The fourth-order valence-electron chi connectivity index (χ4n) is 1.12. The highest BCUT2D eigenvalue weighted by molar-refractivity contribution is 7.48. The van der Waals surface area contributed by atoms with Gasteiger partial charge in [-0.2, -0.15) is 0 Å². The van der Waals surface area contributed by atoms with E-state index in [1.165, 1.54) is 6.92 Å². The Morgan fingerprint density at radius 1 is 1.24 bits per heavy atom. The molecule has 0 aromatic rings. The first-order chi connectivity index (χ1) is 9.86. The normalized spacial score (nSPS) is 15.0. The maximum absolute atomic E-state index is 12.0. The third kappa shape index (κ3) is 9.54. The highest BCUT2D eigenvalue weighted by Crippen LogP contribution is 2.48. The topological polar surface area (TPSA) is 123 Å². The Labute approximate surface area is 123 Å². The lowest BCUT2D eigenvalue weighted by molar-refractivity contribution is -0.159. The van der Waals surface area contributed by atoms with E-state index in [9.17, 15) is 14.2 Å². The number of nitrogens with two attached hydrogens (primary N) is 1. The van der Waals surface area contributed by atoms with Crippen LogP contribution in [0, 0.1) is 0 Å². The molecule has 0 aliphatic carbocycles. The molecule has 0 heterocycles. The van der Waals surface area contributed by atoms with E-state index in [-0.39, 0.29) is 32.8 Å². The van der Waals surface area contributed by atoms with E-state index in [4.69, 9.17) is 24.3 Å². The van der Waals surface area contributed by atoms with Crippen molar-refractivity contribution in [2.75, 3.05) is 33.5 Å². The van der Waals surface area contributed by atoms with Crippen LogP contribution in [0.15, 0.2) is 0 Å². The highest BCUT2D eigenvalue weighted by atomic mass is 31.2. The Morgan fingerprint density at radius 2 is 1.90 bits per heavy atom. The van der Waals surface area contributed by atoms with E-state index in [2.05, 4.69) is 4.52 Å². The van der Waals surface area contributed by atoms with Gasteiger partial charge in [-0.25, -0.2) is 4.57 Å². The van der Waals surface area contributed by atoms with Crippen LogP contribution in [-0.2, 0) is 37.2 Å². The van der Waals surface area contributed by atoms with E-state index in [1.54, 1.807) is 6.92 Å². The lowest BCUT2D eigenvalue weighted by atomic mass is 10.4. The Hall–Kier alpha value is -0.990. The molecule has 0 spiro atoms. The van der Waals surface area contributed by atoms with Crippen LogP contribution in [0.3, 0.4) is 0 Å². The number of carbonyl (C=O) groups is 2. The van der Waals surface area contributed by atoms with Crippen LogP contribution in [-0.4, -0.2) is 51.5 Å². The number of hydrogen-bond acceptors (Lipinski definition) is 9. The summed E-state index contributed by atoms with van der Waals surface area (Å²) in [4.78, 5) is 22.0. The van der Waals surface area contributed by atoms with Crippen molar-refractivity contribution in [3.05, 3.63) is 0 Å². The number of hydrogen-bond donors (Lipinski definition) is 1. The standard InChI is InChI=1S/C11H22NO8P/c1-4-11(14)17-7-10(20-9(2)13)8-19-21(15,16-3)18-6-5-12/h10H,4-8,12H2,1-3H3. The van der Waals surface area contributed by atoms with Gasteiger partial charge in [0.25, 0.3) is 0 Å². The molecule has 0 aliphatic heterocycles. The predicted molar refractivity (Wildman–Crippen MR) is 72.4 cm³/mol. The van der Waals surface area contributed by atoms with Crippen molar-refractivity contribution in [2.45, 2.75) is 26.4 Å². The minimum absolute atomic E-state index is 0.0197. The second-order valence-electron chi connectivity index (χ2n) is 3.82. The summed E-state index contributed by atoms with van der Waals surface area (Å²) in [6, 6.07) is 0. The van der Waals surface area contributed by atoms with Crippen LogP contribution in [0.25, 0.3) is 0 Å². The van der Waals surface area contributed by atoms with Gasteiger partial charge in [-0.1, -0.05) is 6.92 Å². The van der Waals surface area contributed by atoms with Crippen LogP contribution in [0.2, 0.25) is 0 Å². The van der Waals surface area contributed by atoms with Gasteiger partial charge in [0.15, 0.2) is 6.10 Å². The zero-order chi connectivity index (χ0) is 16.3. The SMILES string of the molecule is CCC(=O)OCC(COP(=O)(OC)OCCN)OC(C)=O. The number of ether oxygens (including phenoxy) is 2. The molecule has 0 aromatic heterocycles. The van der Waals surface area contributed by atoms with Crippen LogP contribution in [0.5, 0.6) is 0 Å². The third-order valence-corrected chi connectivity index (χ3v) is 3.47. The quantitative estimate of drug-likeness (QED) is 0.429.